The van der Waals surface area contributed by atoms with Crippen molar-refractivity contribution in [1.82, 2.24) is 14.5 Å². The van der Waals surface area contributed by atoms with Crippen molar-refractivity contribution in [2.45, 2.75) is 52.5 Å². The fraction of sp³-hybridized carbons (Fsp3) is 0.500. The molecule has 1 aromatic carbocycles. The van der Waals surface area contributed by atoms with E-state index in [2.05, 4.69) is 17.2 Å². The van der Waals surface area contributed by atoms with E-state index in [9.17, 15) is 9.59 Å². The minimum absolute atomic E-state index is 0.0212. The van der Waals surface area contributed by atoms with Gasteiger partial charge in [-0.3, -0.25) is 9.59 Å². The smallest absolute Gasteiger partial charge is 0.291 e. The molecule has 0 aliphatic carbocycles. The third-order valence-corrected chi connectivity index (χ3v) is 5.86. The van der Waals surface area contributed by atoms with Gasteiger partial charge in [-0.1, -0.05) is 25.1 Å². The first-order valence-electron chi connectivity index (χ1n) is 10.3. The van der Waals surface area contributed by atoms with Gasteiger partial charge in [0.05, 0.1) is 5.69 Å². The first-order chi connectivity index (χ1) is 13.5. The van der Waals surface area contributed by atoms with Gasteiger partial charge in [-0.25, -0.2) is 4.98 Å². The highest BCUT2D eigenvalue weighted by Crippen LogP contribution is 2.25. The van der Waals surface area contributed by atoms with E-state index in [1.165, 1.54) is 0 Å². The summed E-state index contributed by atoms with van der Waals surface area (Å²) in [4.78, 5) is 32.7. The van der Waals surface area contributed by atoms with Gasteiger partial charge >= 0.3 is 0 Å². The van der Waals surface area contributed by atoms with Crippen LogP contribution in [-0.4, -0.2) is 39.4 Å². The van der Waals surface area contributed by atoms with Crippen molar-refractivity contribution in [1.29, 1.82) is 0 Å². The normalized spacial score (nSPS) is 19.2. The van der Waals surface area contributed by atoms with Crippen molar-refractivity contribution in [3.05, 3.63) is 47.0 Å². The Hall–Kier alpha value is -2.63. The van der Waals surface area contributed by atoms with Crippen LogP contribution >= 0.6 is 0 Å². The summed E-state index contributed by atoms with van der Waals surface area (Å²) in [5.41, 5.74) is 3.17. The number of carbonyl (C=O) groups is 2. The molecule has 6 nitrogen and oxygen atoms in total. The van der Waals surface area contributed by atoms with E-state index in [4.69, 9.17) is 0 Å². The molecule has 0 radical (unpaired) electrons. The number of rotatable bonds is 3. The Bertz CT molecular complexity index is 902. The Balaban J connectivity index is 1.64. The summed E-state index contributed by atoms with van der Waals surface area (Å²) in [6.45, 7) is 6.44. The van der Waals surface area contributed by atoms with Gasteiger partial charge in [0.15, 0.2) is 5.82 Å². The molecule has 6 heteroatoms. The van der Waals surface area contributed by atoms with Gasteiger partial charge in [0.1, 0.15) is 5.69 Å². The molecule has 1 fully saturated rings. The van der Waals surface area contributed by atoms with Gasteiger partial charge in [0.25, 0.3) is 11.8 Å². The molecule has 0 saturated carbocycles. The van der Waals surface area contributed by atoms with E-state index in [0.29, 0.717) is 17.4 Å². The molecular formula is C22H28N4O2. The SMILES string of the molecule is Cc1ccccc1NC(=O)c1nc(C(=O)N2CCCC(C)C2)c2n1CCCC2. The van der Waals surface area contributed by atoms with Crippen LogP contribution < -0.4 is 5.32 Å². The number of para-hydroxylation sites is 1. The molecule has 2 aliphatic rings. The molecule has 2 aliphatic heterocycles. The lowest BCUT2D eigenvalue weighted by molar-refractivity contribution is 0.0676. The first kappa shape index (κ1) is 18.7. The molecule has 1 atom stereocenters. The van der Waals surface area contributed by atoms with Crippen LogP contribution in [0, 0.1) is 12.8 Å². The average molecular weight is 380 g/mol. The number of likely N-dealkylation sites (tertiary alicyclic amines) is 1. The van der Waals surface area contributed by atoms with Crippen molar-refractivity contribution < 1.29 is 9.59 Å². The maximum atomic E-state index is 13.2. The third kappa shape index (κ3) is 3.55. The molecule has 0 bridgehead atoms. The van der Waals surface area contributed by atoms with E-state index in [0.717, 1.165) is 68.7 Å². The number of hydrogen-bond acceptors (Lipinski definition) is 3. The molecule has 0 spiro atoms. The van der Waals surface area contributed by atoms with Gasteiger partial charge in [-0.05, 0) is 56.6 Å². The fourth-order valence-corrected chi connectivity index (χ4v) is 4.30. The number of fused-ring (bicyclic) bond motifs is 1. The molecule has 28 heavy (non-hydrogen) atoms. The van der Waals surface area contributed by atoms with E-state index in [1.54, 1.807) is 0 Å². The van der Waals surface area contributed by atoms with Gasteiger partial charge in [0.2, 0.25) is 0 Å². The number of anilines is 1. The zero-order valence-electron chi connectivity index (χ0n) is 16.7. The minimum atomic E-state index is -0.247. The van der Waals surface area contributed by atoms with Crippen LogP contribution in [-0.2, 0) is 13.0 Å². The van der Waals surface area contributed by atoms with Crippen LogP contribution in [0.3, 0.4) is 0 Å². The van der Waals surface area contributed by atoms with Crippen LogP contribution in [0.2, 0.25) is 0 Å². The van der Waals surface area contributed by atoms with Gasteiger partial charge in [0, 0.05) is 25.3 Å². The number of benzene rings is 1. The van der Waals surface area contributed by atoms with Gasteiger partial charge in [-0.2, -0.15) is 0 Å². The molecule has 1 saturated heterocycles. The van der Waals surface area contributed by atoms with Crippen LogP contribution in [0.5, 0.6) is 0 Å². The molecule has 1 N–H and O–H groups in total. The number of aryl methyl sites for hydroxylation is 1. The Morgan fingerprint density at radius 1 is 1.14 bits per heavy atom. The number of hydrogen-bond donors (Lipinski definition) is 1. The van der Waals surface area contributed by atoms with E-state index in [1.807, 2.05) is 40.7 Å². The Kier molecular flexibility index (Phi) is 5.20. The number of nitrogens with one attached hydrogen (secondary N) is 1. The number of nitrogens with zero attached hydrogens (tertiary/aromatic N) is 3. The molecule has 3 heterocycles. The summed E-state index contributed by atoms with van der Waals surface area (Å²) < 4.78 is 1.96. The predicted molar refractivity (Wildman–Crippen MR) is 109 cm³/mol. The summed E-state index contributed by atoms with van der Waals surface area (Å²) in [5, 5.41) is 2.97. The van der Waals surface area contributed by atoms with Crippen molar-refractivity contribution in [2.24, 2.45) is 5.92 Å². The predicted octanol–water partition coefficient (Wildman–Crippen LogP) is 3.65. The lowest BCUT2D eigenvalue weighted by Crippen LogP contribution is -2.39. The Morgan fingerprint density at radius 3 is 2.75 bits per heavy atom. The standard InChI is InChI=1S/C22H28N4O2/c1-15-8-7-12-25(14-15)22(28)19-18-11-5-6-13-26(18)20(24-19)21(27)23-17-10-4-3-9-16(17)2/h3-4,9-10,15H,5-8,11-14H2,1-2H3,(H,23,27). The largest absolute Gasteiger partial charge is 0.337 e. The highest BCUT2D eigenvalue weighted by Gasteiger charge is 2.31. The summed E-state index contributed by atoms with van der Waals surface area (Å²) in [7, 11) is 0. The number of piperidine rings is 1. The lowest BCUT2D eigenvalue weighted by atomic mass is 9.99. The lowest BCUT2D eigenvalue weighted by Gasteiger charge is -2.30. The van der Waals surface area contributed by atoms with Crippen molar-refractivity contribution in [3.63, 3.8) is 0 Å². The third-order valence-electron chi connectivity index (χ3n) is 5.86. The van der Waals surface area contributed by atoms with Gasteiger partial charge < -0.3 is 14.8 Å². The van der Waals surface area contributed by atoms with Crippen LogP contribution in [0.1, 0.15) is 65.0 Å². The molecule has 1 unspecified atom stereocenters. The first-order valence-corrected chi connectivity index (χ1v) is 10.3. The van der Waals surface area contributed by atoms with Crippen LogP contribution in [0.15, 0.2) is 24.3 Å². The average Bonchev–Trinajstić information content (AvgIpc) is 3.09. The fourth-order valence-electron chi connectivity index (χ4n) is 4.30. The van der Waals surface area contributed by atoms with Crippen LogP contribution in [0.25, 0.3) is 0 Å². The molecular weight excluding hydrogens is 352 g/mol. The second-order valence-corrected chi connectivity index (χ2v) is 8.11. The highest BCUT2D eigenvalue weighted by molar-refractivity contribution is 6.04. The summed E-state index contributed by atoms with van der Waals surface area (Å²) in [5.74, 6) is 0.599. The summed E-state index contributed by atoms with van der Waals surface area (Å²) in [6.07, 6.45) is 5.03. The molecule has 4 rings (SSSR count). The molecule has 148 valence electrons. The monoisotopic (exact) mass is 380 g/mol. The second kappa shape index (κ2) is 7.78. The van der Waals surface area contributed by atoms with E-state index in [-0.39, 0.29) is 11.8 Å². The quantitative estimate of drug-likeness (QED) is 0.884. The minimum Gasteiger partial charge on any atom is -0.337 e. The molecule has 2 aromatic rings. The van der Waals surface area contributed by atoms with E-state index < -0.39 is 0 Å². The van der Waals surface area contributed by atoms with Crippen molar-refractivity contribution in [3.8, 4) is 0 Å². The summed E-state index contributed by atoms with van der Waals surface area (Å²) >= 11 is 0. The van der Waals surface area contributed by atoms with E-state index >= 15 is 0 Å². The zero-order chi connectivity index (χ0) is 19.7. The van der Waals surface area contributed by atoms with Crippen LogP contribution in [0.4, 0.5) is 5.69 Å². The second-order valence-electron chi connectivity index (χ2n) is 8.11. The Labute approximate surface area is 165 Å². The maximum absolute atomic E-state index is 13.2. The summed E-state index contributed by atoms with van der Waals surface area (Å²) in [6, 6.07) is 7.69. The zero-order valence-corrected chi connectivity index (χ0v) is 16.7. The molecule has 2 amide bonds. The molecule has 1 aromatic heterocycles. The van der Waals surface area contributed by atoms with Gasteiger partial charge in [-0.15, -0.1) is 0 Å². The number of carbonyl (C=O) groups excluding carboxylic acids is 2. The van der Waals surface area contributed by atoms with Crippen molar-refractivity contribution >= 4 is 17.5 Å². The topological polar surface area (TPSA) is 67.2 Å². The van der Waals surface area contributed by atoms with Crippen molar-refractivity contribution in [2.75, 3.05) is 18.4 Å². The number of amides is 2. The highest BCUT2D eigenvalue weighted by atomic mass is 16.2. The number of aromatic nitrogens is 2. The Morgan fingerprint density at radius 2 is 1.96 bits per heavy atom. The number of imidazole rings is 1. The maximum Gasteiger partial charge on any atom is 0.291 e.